The van der Waals surface area contributed by atoms with Gasteiger partial charge in [0.15, 0.2) is 0 Å². The molecule has 0 bridgehead atoms. The van der Waals surface area contributed by atoms with Crippen LogP contribution in [0.1, 0.15) is 6.42 Å². The Balaban J connectivity index is 1.41. The van der Waals surface area contributed by atoms with E-state index in [4.69, 9.17) is 11.6 Å². The molecule has 31 heavy (non-hydrogen) atoms. The summed E-state index contributed by atoms with van der Waals surface area (Å²) in [6, 6.07) is 11.0. The van der Waals surface area contributed by atoms with Gasteiger partial charge in [-0.05, 0) is 36.4 Å². The number of amides is 2. The molecule has 0 unspecified atom stereocenters. The fraction of sp³-hybridized carbons (Fsp3) is 0.333. The molecule has 0 saturated carbocycles. The number of hydrogen-bond acceptors (Lipinski definition) is 5. The molecular formula is C21H19ClF3N3O3. The molecule has 0 radical (unpaired) electrons. The summed E-state index contributed by atoms with van der Waals surface area (Å²) in [6.45, 7) is 2.06. The second-order valence-corrected chi connectivity index (χ2v) is 7.74. The van der Waals surface area contributed by atoms with E-state index in [-0.39, 0.29) is 35.5 Å². The molecule has 10 heteroatoms. The van der Waals surface area contributed by atoms with Gasteiger partial charge in [-0.1, -0.05) is 12.1 Å². The van der Waals surface area contributed by atoms with Crippen molar-refractivity contribution in [2.45, 2.75) is 18.0 Å². The van der Waals surface area contributed by atoms with Gasteiger partial charge in [0.05, 0.1) is 23.8 Å². The Morgan fingerprint density at radius 1 is 0.968 bits per heavy atom. The molecule has 2 amide bonds. The molecular weight excluding hydrogens is 435 g/mol. The number of alkyl halides is 3. The highest BCUT2D eigenvalue weighted by Crippen LogP contribution is 2.31. The molecule has 1 atom stereocenters. The number of benzene rings is 2. The highest BCUT2D eigenvalue weighted by atomic mass is 35.5. The summed E-state index contributed by atoms with van der Waals surface area (Å²) in [5.41, 5.74) is -3.06. The highest BCUT2D eigenvalue weighted by molar-refractivity contribution is 6.22. The van der Waals surface area contributed by atoms with Gasteiger partial charge in [-0.3, -0.25) is 14.5 Å². The Kier molecular flexibility index (Phi) is 5.81. The van der Waals surface area contributed by atoms with Crippen LogP contribution < -0.4 is 14.5 Å². The minimum Gasteiger partial charge on any atom is -0.420 e. The quantitative estimate of drug-likeness (QED) is 0.513. The van der Waals surface area contributed by atoms with Crippen LogP contribution in [0, 0.1) is 5.82 Å². The van der Waals surface area contributed by atoms with Crippen LogP contribution in [0.4, 0.5) is 24.5 Å². The summed E-state index contributed by atoms with van der Waals surface area (Å²) in [7, 11) is 0. The topological polar surface area (TPSA) is 53.1 Å². The summed E-state index contributed by atoms with van der Waals surface area (Å²) in [5, 5.41) is 0. The minimum atomic E-state index is -3.85. The largest absolute Gasteiger partial charge is 0.487 e. The van der Waals surface area contributed by atoms with Gasteiger partial charge in [0.2, 0.25) is 5.91 Å². The Labute approximate surface area is 181 Å². The van der Waals surface area contributed by atoms with Gasteiger partial charge in [-0.15, -0.1) is 8.78 Å². The number of carbonyl (C=O) groups is 2. The van der Waals surface area contributed by atoms with E-state index in [1.54, 1.807) is 18.2 Å². The van der Waals surface area contributed by atoms with E-state index in [9.17, 15) is 22.8 Å². The third kappa shape index (κ3) is 4.62. The highest BCUT2D eigenvalue weighted by Gasteiger charge is 2.43. The summed E-state index contributed by atoms with van der Waals surface area (Å²) in [4.78, 5) is 30.4. The van der Waals surface area contributed by atoms with Crippen molar-refractivity contribution in [3.8, 4) is 5.75 Å². The van der Waals surface area contributed by atoms with Crippen molar-refractivity contribution in [3.63, 3.8) is 0 Å². The number of rotatable bonds is 5. The standard InChI is InChI=1S/C21H19ClF3N3O3/c22-21(24,25)31-15-7-5-14(6-8-15)28-19(29)13-18(20(28)30)27-11-9-26(10-12-27)17-4-2-1-3-16(17)23/h1-8,18H,9-13H2/t18-/m0/s1. The molecule has 2 aliphatic heterocycles. The van der Waals surface area contributed by atoms with Crippen LogP contribution in [0.25, 0.3) is 0 Å². The van der Waals surface area contributed by atoms with E-state index in [1.165, 1.54) is 30.3 Å². The van der Waals surface area contributed by atoms with Gasteiger partial charge in [0.1, 0.15) is 11.6 Å². The Morgan fingerprint density at radius 2 is 1.61 bits per heavy atom. The lowest BCUT2D eigenvalue weighted by Crippen LogP contribution is -2.52. The monoisotopic (exact) mass is 453 g/mol. The fourth-order valence-corrected chi connectivity index (χ4v) is 4.04. The molecule has 0 aromatic heterocycles. The van der Waals surface area contributed by atoms with Crippen molar-refractivity contribution < 1.29 is 27.5 Å². The number of para-hydroxylation sites is 1. The lowest BCUT2D eigenvalue weighted by atomic mass is 10.1. The molecule has 6 nitrogen and oxygen atoms in total. The Hall–Kier alpha value is -2.78. The van der Waals surface area contributed by atoms with Crippen molar-refractivity contribution in [1.82, 2.24) is 4.90 Å². The lowest BCUT2D eigenvalue weighted by molar-refractivity contribution is -0.123. The average molecular weight is 454 g/mol. The number of piperazine rings is 1. The molecule has 0 spiro atoms. The first kappa shape index (κ1) is 21.5. The van der Waals surface area contributed by atoms with Crippen LogP contribution >= 0.6 is 11.6 Å². The van der Waals surface area contributed by atoms with Crippen molar-refractivity contribution in [2.75, 3.05) is 36.0 Å². The predicted octanol–water partition coefficient (Wildman–Crippen LogP) is 3.45. The maximum Gasteiger partial charge on any atom is 0.487 e. The van der Waals surface area contributed by atoms with Crippen LogP contribution in [0.15, 0.2) is 48.5 Å². The van der Waals surface area contributed by atoms with Gasteiger partial charge in [0, 0.05) is 37.8 Å². The molecule has 2 aromatic rings. The zero-order chi connectivity index (χ0) is 22.2. The summed E-state index contributed by atoms with van der Waals surface area (Å²) >= 11 is 4.74. The third-order valence-electron chi connectivity index (χ3n) is 5.40. The second-order valence-electron chi connectivity index (χ2n) is 7.30. The van der Waals surface area contributed by atoms with Gasteiger partial charge >= 0.3 is 5.57 Å². The summed E-state index contributed by atoms with van der Waals surface area (Å²) in [6.07, 6.45) is 0.0243. The molecule has 0 N–H and O–H groups in total. The summed E-state index contributed by atoms with van der Waals surface area (Å²) in [5.74, 6) is -1.24. The Bertz CT molecular complexity index is 976. The van der Waals surface area contributed by atoms with Crippen molar-refractivity contribution in [2.24, 2.45) is 0 Å². The average Bonchev–Trinajstić information content (AvgIpc) is 3.02. The van der Waals surface area contributed by atoms with E-state index in [0.717, 1.165) is 4.90 Å². The van der Waals surface area contributed by atoms with Crippen LogP contribution in [-0.4, -0.2) is 54.5 Å². The van der Waals surface area contributed by atoms with E-state index >= 15 is 0 Å². The zero-order valence-electron chi connectivity index (χ0n) is 16.3. The molecule has 164 valence electrons. The molecule has 2 aromatic carbocycles. The first-order valence-electron chi connectivity index (χ1n) is 9.69. The number of anilines is 2. The second kappa shape index (κ2) is 8.39. The number of halogens is 4. The van der Waals surface area contributed by atoms with Gasteiger partial charge in [-0.2, -0.15) is 0 Å². The first-order valence-corrected chi connectivity index (χ1v) is 10.1. The van der Waals surface area contributed by atoms with Gasteiger partial charge in [-0.25, -0.2) is 9.29 Å². The molecule has 2 heterocycles. The number of carbonyl (C=O) groups excluding carboxylic acids is 2. The number of imide groups is 1. The number of nitrogens with zero attached hydrogens (tertiary/aromatic N) is 3. The number of hydrogen-bond donors (Lipinski definition) is 0. The van der Waals surface area contributed by atoms with E-state index in [2.05, 4.69) is 4.74 Å². The Morgan fingerprint density at radius 3 is 2.23 bits per heavy atom. The van der Waals surface area contributed by atoms with Crippen molar-refractivity contribution in [1.29, 1.82) is 0 Å². The van der Waals surface area contributed by atoms with Crippen LogP contribution in [0.5, 0.6) is 5.75 Å². The van der Waals surface area contributed by atoms with E-state index < -0.39 is 11.6 Å². The number of ether oxygens (including phenoxy) is 1. The van der Waals surface area contributed by atoms with E-state index in [0.29, 0.717) is 31.9 Å². The molecule has 2 fully saturated rings. The molecule has 0 aliphatic carbocycles. The maximum atomic E-state index is 14.0. The first-order chi connectivity index (χ1) is 14.7. The predicted molar refractivity (Wildman–Crippen MR) is 109 cm³/mol. The van der Waals surface area contributed by atoms with Crippen LogP contribution in [-0.2, 0) is 9.59 Å². The van der Waals surface area contributed by atoms with E-state index in [1.807, 2.05) is 9.80 Å². The molecule has 4 rings (SSSR count). The lowest BCUT2D eigenvalue weighted by Gasteiger charge is -2.38. The smallest absolute Gasteiger partial charge is 0.420 e. The van der Waals surface area contributed by atoms with Crippen LogP contribution in [0.2, 0.25) is 0 Å². The van der Waals surface area contributed by atoms with Gasteiger partial charge < -0.3 is 9.64 Å². The van der Waals surface area contributed by atoms with Crippen molar-refractivity contribution >= 4 is 34.8 Å². The third-order valence-corrected chi connectivity index (χ3v) is 5.48. The molecule has 2 saturated heterocycles. The SMILES string of the molecule is O=C1C[C@H](N2CCN(c3ccccc3F)CC2)C(=O)N1c1ccc(OC(F)(F)Cl)cc1. The fourth-order valence-electron chi connectivity index (χ4n) is 3.95. The van der Waals surface area contributed by atoms with Crippen molar-refractivity contribution in [3.05, 3.63) is 54.3 Å². The molecule has 2 aliphatic rings. The zero-order valence-corrected chi connectivity index (χ0v) is 17.1. The van der Waals surface area contributed by atoms with Crippen LogP contribution in [0.3, 0.4) is 0 Å². The maximum absolute atomic E-state index is 14.0. The minimum absolute atomic E-state index is 0.0243. The summed E-state index contributed by atoms with van der Waals surface area (Å²) < 4.78 is 43.8. The normalized spacial score (nSPS) is 20.5. The van der Waals surface area contributed by atoms with Gasteiger partial charge in [0.25, 0.3) is 5.91 Å².